The number of anilines is 1. The molecule has 0 aliphatic carbocycles. The Morgan fingerprint density at radius 1 is 1.19 bits per heavy atom. The molecule has 144 valence electrons. The summed E-state index contributed by atoms with van der Waals surface area (Å²) in [5, 5.41) is 12.5. The van der Waals surface area contributed by atoms with Gasteiger partial charge in [-0.3, -0.25) is 15.1 Å². The number of rotatable bonds is 4. The first kappa shape index (κ1) is 18.2. The number of likely N-dealkylation sites (tertiary alicyclic amines) is 1. The van der Waals surface area contributed by atoms with Gasteiger partial charge in [-0.1, -0.05) is 6.92 Å². The van der Waals surface area contributed by atoms with Crippen molar-refractivity contribution >= 4 is 22.3 Å². The summed E-state index contributed by atoms with van der Waals surface area (Å²) >= 11 is 0. The average Bonchev–Trinajstić information content (AvgIpc) is 2.69. The van der Waals surface area contributed by atoms with Crippen LogP contribution < -0.4 is 4.90 Å². The standard InChI is InChI=1S/C21H28N4O2/c1-16-8-12-23(13-9-16)14-17-4-3-11-24(15-17)20-7-6-19-18(5-2-10-22-19)21(20)25(26)27/h2,5-7,10,16-17H,3-4,8-9,11-15H2,1H3. The van der Waals surface area contributed by atoms with E-state index in [0.717, 1.165) is 37.7 Å². The third kappa shape index (κ3) is 3.90. The normalized spacial score (nSPS) is 22.3. The number of hydrogen-bond acceptors (Lipinski definition) is 5. The molecule has 0 bridgehead atoms. The molecular formula is C21H28N4O2. The third-order valence-corrected chi connectivity index (χ3v) is 6.17. The molecule has 1 atom stereocenters. The lowest BCUT2D eigenvalue weighted by Crippen LogP contribution is -2.43. The lowest BCUT2D eigenvalue weighted by atomic mass is 9.94. The molecule has 6 nitrogen and oxygen atoms in total. The second-order valence-corrected chi connectivity index (χ2v) is 8.20. The van der Waals surface area contributed by atoms with Crippen LogP contribution in [0.15, 0.2) is 30.5 Å². The number of nitrogens with zero attached hydrogens (tertiary/aromatic N) is 4. The van der Waals surface area contributed by atoms with E-state index in [9.17, 15) is 10.1 Å². The number of piperidine rings is 2. The van der Waals surface area contributed by atoms with E-state index in [1.807, 2.05) is 12.1 Å². The molecule has 6 heteroatoms. The number of hydrogen-bond donors (Lipinski definition) is 0. The highest BCUT2D eigenvalue weighted by Crippen LogP contribution is 2.37. The molecule has 1 aromatic carbocycles. The first-order valence-corrected chi connectivity index (χ1v) is 10.1. The average molecular weight is 368 g/mol. The van der Waals surface area contributed by atoms with Gasteiger partial charge in [0.1, 0.15) is 5.69 Å². The van der Waals surface area contributed by atoms with Gasteiger partial charge in [-0.25, -0.2) is 0 Å². The lowest BCUT2D eigenvalue weighted by molar-refractivity contribution is -0.382. The van der Waals surface area contributed by atoms with Crippen molar-refractivity contribution in [3.8, 4) is 0 Å². The predicted octanol–water partition coefficient (Wildman–Crippen LogP) is 4.09. The van der Waals surface area contributed by atoms with Gasteiger partial charge in [-0.05, 0) is 74.9 Å². The summed E-state index contributed by atoms with van der Waals surface area (Å²) in [7, 11) is 0. The van der Waals surface area contributed by atoms with E-state index in [-0.39, 0.29) is 10.6 Å². The van der Waals surface area contributed by atoms with Crippen LogP contribution in [0.3, 0.4) is 0 Å². The van der Waals surface area contributed by atoms with Crippen molar-refractivity contribution in [2.24, 2.45) is 11.8 Å². The van der Waals surface area contributed by atoms with Crippen molar-refractivity contribution in [2.75, 3.05) is 37.6 Å². The van der Waals surface area contributed by atoms with Crippen molar-refractivity contribution in [3.05, 3.63) is 40.6 Å². The molecule has 2 aromatic rings. The van der Waals surface area contributed by atoms with Gasteiger partial charge in [0.15, 0.2) is 0 Å². The number of benzene rings is 1. The second-order valence-electron chi connectivity index (χ2n) is 8.20. The highest BCUT2D eigenvalue weighted by molar-refractivity contribution is 5.94. The number of pyridine rings is 1. The van der Waals surface area contributed by atoms with Gasteiger partial charge in [0.05, 0.1) is 15.8 Å². The van der Waals surface area contributed by atoms with E-state index in [0.29, 0.717) is 16.8 Å². The zero-order valence-corrected chi connectivity index (χ0v) is 16.0. The Bertz CT molecular complexity index is 817. The first-order valence-electron chi connectivity index (χ1n) is 10.1. The van der Waals surface area contributed by atoms with Crippen LogP contribution >= 0.6 is 0 Å². The minimum Gasteiger partial charge on any atom is -0.366 e. The third-order valence-electron chi connectivity index (χ3n) is 6.17. The van der Waals surface area contributed by atoms with Crippen LogP contribution in [0.2, 0.25) is 0 Å². The molecule has 4 rings (SSSR count). The topological polar surface area (TPSA) is 62.5 Å². The fourth-order valence-corrected chi connectivity index (χ4v) is 4.62. The summed E-state index contributed by atoms with van der Waals surface area (Å²) in [6.45, 7) is 7.64. The number of aromatic nitrogens is 1. The summed E-state index contributed by atoms with van der Waals surface area (Å²) in [5.41, 5.74) is 1.63. The van der Waals surface area contributed by atoms with E-state index in [1.54, 1.807) is 18.3 Å². The Balaban J connectivity index is 1.54. The van der Waals surface area contributed by atoms with Crippen LogP contribution in [0.25, 0.3) is 10.9 Å². The molecule has 0 amide bonds. The molecule has 2 aliphatic heterocycles. The summed E-state index contributed by atoms with van der Waals surface area (Å²) in [5.74, 6) is 1.43. The molecule has 2 fully saturated rings. The van der Waals surface area contributed by atoms with E-state index >= 15 is 0 Å². The summed E-state index contributed by atoms with van der Waals surface area (Å²) in [4.78, 5) is 20.7. The number of nitro groups is 1. The molecule has 2 saturated heterocycles. The molecule has 27 heavy (non-hydrogen) atoms. The predicted molar refractivity (Wildman–Crippen MR) is 108 cm³/mol. The van der Waals surface area contributed by atoms with Gasteiger partial charge in [-0.2, -0.15) is 0 Å². The number of nitro benzene ring substituents is 1. The molecule has 0 saturated carbocycles. The van der Waals surface area contributed by atoms with Crippen molar-refractivity contribution < 1.29 is 4.92 Å². The van der Waals surface area contributed by atoms with E-state index in [1.165, 1.54) is 32.4 Å². The molecule has 1 aromatic heterocycles. The monoisotopic (exact) mass is 368 g/mol. The smallest absolute Gasteiger partial charge is 0.301 e. The van der Waals surface area contributed by atoms with Crippen molar-refractivity contribution in [1.29, 1.82) is 0 Å². The van der Waals surface area contributed by atoms with E-state index in [4.69, 9.17) is 0 Å². The van der Waals surface area contributed by atoms with Crippen LogP contribution in [0, 0.1) is 22.0 Å². The van der Waals surface area contributed by atoms with Gasteiger partial charge >= 0.3 is 5.69 Å². The maximum absolute atomic E-state index is 11.9. The Kier molecular flexibility index (Phi) is 5.25. The maximum atomic E-state index is 11.9. The van der Waals surface area contributed by atoms with Crippen LogP contribution in [0.4, 0.5) is 11.4 Å². The Morgan fingerprint density at radius 2 is 2.00 bits per heavy atom. The van der Waals surface area contributed by atoms with E-state index in [2.05, 4.69) is 21.7 Å². The van der Waals surface area contributed by atoms with Crippen LogP contribution in [0.1, 0.15) is 32.6 Å². The highest BCUT2D eigenvalue weighted by atomic mass is 16.6. The van der Waals surface area contributed by atoms with Crippen molar-refractivity contribution in [1.82, 2.24) is 9.88 Å². The number of fused-ring (bicyclic) bond motifs is 1. The molecule has 3 heterocycles. The van der Waals surface area contributed by atoms with Gasteiger partial charge < -0.3 is 9.80 Å². The van der Waals surface area contributed by atoms with Crippen LogP contribution in [-0.4, -0.2) is 47.5 Å². The molecule has 1 unspecified atom stereocenters. The minimum atomic E-state index is -0.241. The zero-order valence-electron chi connectivity index (χ0n) is 16.0. The van der Waals surface area contributed by atoms with Crippen molar-refractivity contribution in [2.45, 2.75) is 32.6 Å². The molecule has 0 N–H and O–H groups in total. The fraction of sp³-hybridized carbons (Fsp3) is 0.571. The quantitative estimate of drug-likeness (QED) is 0.601. The Morgan fingerprint density at radius 3 is 2.78 bits per heavy atom. The van der Waals surface area contributed by atoms with Gasteiger partial charge in [0.25, 0.3) is 0 Å². The van der Waals surface area contributed by atoms with Gasteiger partial charge in [0.2, 0.25) is 0 Å². The molecule has 0 radical (unpaired) electrons. The SMILES string of the molecule is CC1CCN(CC2CCCN(c3ccc4ncccc4c3[N+](=O)[O-])C2)CC1. The minimum absolute atomic E-state index is 0.202. The first-order chi connectivity index (χ1) is 13.1. The van der Waals surface area contributed by atoms with Crippen LogP contribution in [0.5, 0.6) is 0 Å². The fourth-order valence-electron chi connectivity index (χ4n) is 4.62. The summed E-state index contributed by atoms with van der Waals surface area (Å²) in [6.07, 6.45) is 6.57. The second kappa shape index (κ2) is 7.80. The Hall–Kier alpha value is -2.21. The molecule has 0 spiro atoms. The van der Waals surface area contributed by atoms with Crippen LogP contribution in [-0.2, 0) is 0 Å². The summed E-state index contributed by atoms with van der Waals surface area (Å²) < 4.78 is 0. The van der Waals surface area contributed by atoms with Gasteiger partial charge in [0, 0.05) is 25.8 Å². The molecule has 2 aliphatic rings. The van der Waals surface area contributed by atoms with E-state index < -0.39 is 0 Å². The zero-order chi connectivity index (χ0) is 18.8. The van der Waals surface area contributed by atoms with Crippen molar-refractivity contribution in [3.63, 3.8) is 0 Å². The largest absolute Gasteiger partial charge is 0.366 e. The summed E-state index contributed by atoms with van der Waals surface area (Å²) in [6, 6.07) is 7.38. The molecular weight excluding hydrogens is 340 g/mol. The van der Waals surface area contributed by atoms with Gasteiger partial charge in [-0.15, -0.1) is 0 Å². The lowest BCUT2D eigenvalue weighted by Gasteiger charge is -2.38. The Labute approximate surface area is 160 Å². The maximum Gasteiger partial charge on any atom is 0.301 e. The highest BCUT2D eigenvalue weighted by Gasteiger charge is 2.29.